The number of likely N-dealkylation sites (tertiary alicyclic amines) is 1. The molecule has 1 aliphatic heterocycles. The molecule has 1 saturated carbocycles. The first-order valence-electron chi connectivity index (χ1n) is 5.68. The van der Waals surface area contributed by atoms with Crippen LogP contribution in [0.3, 0.4) is 0 Å². The van der Waals surface area contributed by atoms with Gasteiger partial charge in [0.15, 0.2) is 0 Å². The third kappa shape index (κ3) is 1.97. The number of nitrogens with zero attached hydrogens (tertiary/aromatic N) is 1. The number of rotatable bonds is 3. The van der Waals surface area contributed by atoms with Crippen LogP contribution in [0.15, 0.2) is 0 Å². The highest BCUT2D eigenvalue weighted by Crippen LogP contribution is 2.38. The Morgan fingerprint density at radius 2 is 2.21 bits per heavy atom. The van der Waals surface area contributed by atoms with Crippen molar-refractivity contribution in [1.29, 1.82) is 0 Å². The van der Waals surface area contributed by atoms with Crippen molar-refractivity contribution in [2.75, 3.05) is 6.54 Å². The number of halogens is 1. The number of amides is 1. The predicted octanol–water partition coefficient (Wildman–Crippen LogP) is 2.56. The molecule has 1 amide bonds. The first-order valence-corrected chi connectivity index (χ1v) is 6.60. The molecule has 2 atom stereocenters. The Kier molecular flexibility index (Phi) is 3.15. The number of carbonyl (C=O) groups excluding carboxylic acids is 1. The summed E-state index contributed by atoms with van der Waals surface area (Å²) < 4.78 is 0. The smallest absolute Gasteiger partial charge is 0.236 e. The van der Waals surface area contributed by atoms with E-state index in [-0.39, 0.29) is 4.83 Å². The molecule has 1 saturated heterocycles. The summed E-state index contributed by atoms with van der Waals surface area (Å²) in [6.07, 6.45) is 5.95. The number of hydrogen-bond donors (Lipinski definition) is 0. The van der Waals surface area contributed by atoms with Gasteiger partial charge in [0.2, 0.25) is 5.91 Å². The second-order valence-corrected chi connectivity index (χ2v) is 5.56. The minimum atomic E-state index is 0.0871. The van der Waals surface area contributed by atoms with Gasteiger partial charge in [-0.05, 0) is 38.0 Å². The third-order valence-electron chi connectivity index (χ3n) is 3.39. The van der Waals surface area contributed by atoms with E-state index in [1.807, 2.05) is 0 Å². The van der Waals surface area contributed by atoms with Crippen LogP contribution < -0.4 is 0 Å². The molecule has 0 aromatic rings. The average molecular weight is 260 g/mol. The van der Waals surface area contributed by atoms with Gasteiger partial charge in [-0.1, -0.05) is 22.9 Å². The average Bonchev–Trinajstić information content (AvgIpc) is 2.97. The Morgan fingerprint density at radius 1 is 1.50 bits per heavy atom. The second-order valence-electron chi connectivity index (χ2n) is 4.45. The third-order valence-corrected chi connectivity index (χ3v) is 4.24. The minimum Gasteiger partial charge on any atom is -0.338 e. The topological polar surface area (TPSA) is 20.3 Å². The van der Waals surface area contributed by atoms with E-state index < -0.39 is 0 Å². The van der Waals surface area contributed by atoms with Gasteiger partial charge >= 0.3 is 0 Å². The Bertz CT molecular complexity index is 227. The Hall–Kier alpha value is -0.0500. The van der Waals surface area contributed by atoms with Crippen molar-refractivity contribution in [3.8, 4) is 0 Å². The molecule has 3 heteroatoms. The van der Waals surface area contributed by atoms with Crippen LogP contribution in [-0.4, -0.2) is 28.2 Å². The molecule has 0 radical (unpaired) electrons. The quantitative estimate of drug-likeness (QED) is 0.714. The Balaban J connectivity index is 2.02. The summed E-state index contributed by atoms with van der Waals surface area (Å²) in [7, 11) is 0. The van der Waals surface area contributed by atoms with Gasteiger partial charge in [-0.2, -0.15) is 0 Å². The molecule has 0 aromatic heterocycles. The van der Waals surface area contributed by atoms with Crippen molar-refractivity contribution in [3.63, 3.8) is 0 Å². The fourth-order valence-corrected chi connectivity index (χ4v) is 3.06. The highest BCUT2D eigenvalue weighted by atomic mass is 79.9. The molecule has 0 N–H and O–H groups in total. The Morgan fingerprint density at radius 3 is 2.79 bits per heavy atom. The van der Waals surface area contributed by atoms with Crippen molar-refractivity contribution < 1.29 is 4.79 Å². The maximum atomic E-state index is 11.9. The lowest BCUT2D eigenvalue weighted by Crippen LogP contribution is -2.48. The van der Waals surface area contributed by atoms with Gasteiger partial charge in [0.25, 0.3) is 0 Å². The number of hydrogen-bond acceptors (Lipinski definition) is 1. The molecular weight excluding hydrogens is 242 g/mol. The fourth-order valence-electron chi connectivity index (χ4n) is 2.47. The molecule has 2 fully saturated rings. The van der Waals surface area contributed by atoms with E-state index in [1.54, 1.807) is 0 Å². The van der Waals surface area contributed by atoms with E-state index in [2.05, 4.69) is 27.8 Å². The molecule has 2 aliphatic rings. The van der Waals surface area contributed by atoms with Crippen LogP contribution >= 0.6 is 15.9 Å². The highest BCUT2D eigenvalue weighted by molar-refractivity contribution is 9.10. The first-order chi connectivity index (χ1) is 6.74. The van der Waals surface area contributed by atoms with Gasteiger partial charge in [-0.15, -0.1) is 0 Å². The van der Waals surface area contributed by atoms with Crippen molar-refractivity contribution in [3.05, 3.63) is 0 Å². The summed E-state index contributed by atoms with van der Waals surface area (Å²) in [5.41, 5.74) is 0. The highest BCUT2D eigenvalue weighted by Gasteiger charge is 2.38. The van der Waals surface area contributed by atoms with Crippen molar-refractivity contribution in [2.45, 2.75) is 49.9 Å². The lowest BCUT2D eigenvalue weighted by atomic mass is 10.0. The van der Waals surface area contributed by atoms with Crippen LogP contribution in [-0.2, 0) is 4.79 Å². The summed E-state index contributed by atoms with van der Waals surface area (Å²) >= 11 is 3.47. The van der Waals surface area contributed by atoms with Gasteiger partial charge in [0.05, 0.1) is 4.83 Å². The number of piperidine rings is 1. The molecule has 1 heterocycles. The molecular formula is C11H18BrNO. The minimum absolute atomic E-state index is 0.0871. The molecule has 14 heavy (non-hydrogen) atoms. The van der Waals surface area contributed by atoms with Crippen LogP contribution in [0.2, 0.25) is 0 Å². The number of carbonyl (C=O) groups is 1. The molecule has 1 aliphatic carbocycles. The molecule has 0 aromatic carbocycles. The van der Waals surface area contributed by atoms with Crippen molar-refractivity contribution in [2.24, 2.45) is 5.92 Å². The molecule has 2 rings (SSSR count). The van der Waals surface area contributed by atoms with E-state index in [9.17, 15) is 4.79 Å². The van der Waals surface area contributed by atoms with Crippen LogP contribution in [0.4, 0.5) is 0 Å². The lowest BCUT2D eigenvalue weighted by Gasteiger charge is -2.36. The van der Waals surface area contributed by atoms with Gasteiger partial charge in [-0.3, -0.25) is 4.79 Å². The number of alkyl halides is 1. The van der Waals surface area contributed by atoms with Crippen LogP contribution in [0.1, 0.15) is 39.0 Å². The molecule has 2 unspecified atom stereocenters. The summed E-state index contributed by atoms with van der Waals surface area (Å²) in [5, 5.41) is 0. The molecule has 0 spiro atoms. The summed E-state index contributed by atoms with van der Waals surface area (Å²) in [4.78, 5) is 14.1. The monoisotopic (exact) mass is 259 g/mol. The van der Waals surface area contributed by atoms with Gasteiger partial charge in [0, 0.05) is 12.6 Å². The zero-order chi connectivity index (χ0) is 10.1. The largest absolute Gasteiger partial charge is 0.338 e. The van der Waals surface area contributed by atoms with Crippen LogP contribution in [0, 0.1) is 5.92 Å². The van der Waals surface area contributed by atoms with E-state index >= 15 is 0 Å². The van der Waals surface area contributed by atoms with Gasteiger partial charge < -0.3 is 4.90 Å². The maximum absolute atomic E-state index is 11.9. The van der Waals surface area contributed by atoms with E-state index in [0.29, 0.717) is 11.9 Å². The van der Waals surface area contributed by atoms with E-state index in [1.165, 1.54) is 12.8 Å². The SMILES string of the molecule is CCC(C1CC1)N1CCCC(Br)C1=O. The fraction of sp³-hybridized carbons (Fsp3) is 0.909. The second kappa shape index (κ2) is 4.21. The molecule has 0 bridgehead atoms. The lowest BCUT2D eigenvalue weighted by molar-refractivity contribution is -0.135. The van der Waals surface area contributed by atoms with Gasteiger partial charge in [0.1, 0.15) is 0 Å². The summed E-state index contributed by atoms with van der Waals surface area (Å²) in [5.74, 6) is 1.14. The van der Waals surface area contributed by atoms with Crippen molar-refractivity contribution in [1.82, 2.24) is 4.90 Å². The Labute approximate surface area is 94.2 Å². The van der Waals surface area contributed by atoms with E-state index in [0.717, 1.165) is 31.7 Å². The van der Waals surface area contributed by atoms with Crippen molar-refractivity contribution >= 4 is 21.8 Å². The normalized spacial score (nSPS) is 30.6. The predicted molar refractivity (Wildman–Crippen MR) is 60.5 cm³/mol. The standard InChI is InChI=1S/C11H18BrNO/c1-2-10(8-5-6-8)13-7-3-4-9(12)11(13)14/h8-10H,2-7H2,1H3. The maximum Gasteiger partial charge on any atom is 0.236 e. The van der Waals surface area contributed by atoms with Crippen LogP contribution in [0.25, 0.3) is 0 Å². The zero-order valence-electron chi connectivity index (χ0n) is 8.71. The first kappa shape index (κ1) is 10.5. The molecule has 80 valence electrons. The summed E-state index contributed by atoms with van der Waals surface area (Å²) in [6, 6.07) is 0.530. The van der Waals surface area contributed by atoms with E-state index in [4.69, 9.17) is 0 Å². The van der Waals surface area contributed by atoms with Crippen LogP contribution in [0.5, 0.6) is 0 Å². The zero-order valence-corrected chi connectivity index (χ0v) is 10.3. The van der Waals surface area contributed by atoms with Gasteiger partial charge in [-0.25, -0.2) is 0 Å². The molecule has 2 nitrogen and oxygen atoms in total. The summed E-state index contributed by atoms with van der Waals surface area (Å²) in [6.45, 7) is 3.18.